The number of amides is 1. The van der Waals surface area contributed by atoms with Crippen LogP contribution >= 0.6 is 11.8 Å². The van der Waals surface area contributed by atoms with Crippen LogP contribution in [-0.2, 0) is 21.2 Å². The first kappa shape index (κ1) is 22.7. The van der Waals surface area contributed by atoms with Crippen LogP contribution in [0.15, 0.2) is 82.6 Å². The monoisotopic (exact) mass is 466 g/mol. The number of nitrogens with one attached hydrogen (secondary N) is 2. The summed E-state index contributed by atoms with van der Waals surface area (Å²) in [5.41, 5.74) is 1.16. The van der Waals surface area contributed by atoms with Gasteiger partial charge >= 0.3 is 0 Å². The summed E-state index contributed by atoms with van der Waals surface area (Å²) in [6, 6.07) is 16.8. The van der Waals surface area contributed by atoms with Crippen LogP contribution in [-0.4, -0.2) is 20.1 Å². The van der Waals surface area contributed by atoms with E-state index in [4.69, 9.17) is 0 Å². The summed E-state index contributed by atoms with van der Waals surface area (Å²) in [5, 5.41) is 2.61. The average molecular weight is 467 g/mol. The summed E-state index contributed by atoms with van der Waals surface area (Å²) < 4.78 is 65.3. The number of hydrogen-bond donors (Lipinski definition) is 2. The molecule has 0 radical (unpaired) electrons. The van der Waals surface area contributed by atoms with Crippen molar-refractivity contribution in [1.82, 2.24) is 0 Å². The van der Waals surface area contributed by atoms with Gasteiger partial charge in [-0.15, -0.1) is 0 Å². The third kappa shape index (κ3) is 6.50. The van der Waals surface area contributed by atoms with Gasteiger partial charge in [-0.2, -0.15) is 8.78 Å². The van der Waals surface area contributed by atoms with Gasteiger partial charge in [0.1, 0.15) is 5.82 Å². The topological polar surface area (TPSA) is 75.3 Å². The molecule has 31 heavy (non-hydrogen) atoms. The molecule has 1 amide bonds. The van der Waals surface area contributed by atoms with Gasteiger partial charge in [0.15, 0.2) is 0 Å². The number of halogens is 3. The summed E-state index contributed by atoms with van der Waals surface area (Å²) in [4.78, 5) is 12.5. The highest BCUT2D eigenvalue weighted by molar-refractivity contribution is 7.99. The van der Waals surface area contributed by atoms with Crippen molar-refractivity contribution in [2.75, 3.05) is 10.0 Å². The quantitative estimate of drug-likeness (QED) is 0.452. The second-order valence-electron chi connectivity index (χ2n) is 6.36. The Morgan fingerprint density at radius 1 is 0.935 bits per heavy atom. The first-order chi connectivity index (χ1) is 14.7. The van der Waals surface area contributed by atoms with Crippen molar-refractivity contribution in [3.63, 3.8) is 0 Å². The number of para-hydroxylation sites is 1. The van der Waals surface area contributed by atoms with Crippen molar-refractivity contribution >= 4 is 39.1 Å². The summed E-state index contributed by atoms with van der Waals surface area (Å²) in [6.07, 6.45) is -0.0291. The van der Waals surface area contributed by atoms with E-state index in [0.29, 0.717) is 23.0 Å². The minimum atomic E-state index is -3.88. The molecule has 3 aromatic carbocycles. The zero-order valence-corrected chi connectivity index (χ0v) is 17.5. The van der Waals surface area contributed by atoms with Crippen LogP contribution in [0.5, 0.6) is 0 Å². The number of alkyl halides is 2. The van der Waals surface area contributed by atoms with Crippen LogP contribution in [0.2, 0.25) is 0 Å². The summed E-state index contributed by atoms with van der Waals surface area (Å²) >= 11 is 0.345. The fourth-order valence-electron chi connectivity index (χ4n) is 2.67. The highest BCUT2D eigenvalue weighted by atomic mass is 32.2. The van der Waals surface area contributed by atoms with Crippen LogP contribution in [0.3, 0.4) is 0 Å². The Balaban J connectivity index is 1.63. The van der Waals surface area contributed by atoms with Crippen LogP contribution in [0.4, 0.5) is 24.5 Å². The van der Waals surface area contributed by atoms with Crippen LogP contribution in [0.25, 0.3) is 0 Å². The number of carbonyl (C=O) groups excluding carboxylic acids is 1. The maximum absolute atomic E-state index is 13.0. The standard InChI is InChI=1S/C21H17F3N2O3S2/c22-15-7-11-17(12-8-15)31(28,29)26-16-9-5-14(6-10-16)13-20(27)25-18-3-1-2-4-19(18)30-21(23)24/h1-12,21,26H,13H2,(H,25,27). The smallest absolute Gasteiger partial charge is 0.288 e. The maximum atomic E-state index is 13.0. The van der Waals surface area contributed by atoms with E-state index in [9.17, 15) is 26.4 Å². The van der Waals surface area contributed by atoms with Gasteiger partial charge < -0.3 is 5.32 Å². The molecule has 0 bridgehead atoms. The van der Waals surface area contributed by atoms with Crippen molar-refractivity contribution in [1.29, 1.82) is 0 Å². The van der Waals surface area contributed by atoms with Gasteiger partial charge in [-0.1, -0.05) is 36.0 Å². The number of anilines is 2. The van der Waals surface area contributed by atoms with E-state index < -0.39 is 27.5 Å². The molecular weight excluding hydrogens is 449 g/mol. The molecule has 0 heterocycles. The minimum absolute atomic E-state index is 0.0291. The Kier molecular flexibility index (Phi) is 7.24. The lowest BCUT2D eigenvalue weighted by Crippen LogP contribution is -2.15. The molecule has 0 aromatic heterocycles. The first-order valence-corrected chi connectivity index (χ1v) is 11.3. The average Bonchev–Trinajstić information content (AvgIpc) is 2.71. The normalized spacial score (nSPS) is 11.4. The number of rotatable bonds is 8. The molecule has 0 atom stereocenters. The molecule has 0 unspecified atom stereocenters. The number of carbonyl (C=O) groups is 1. The van der Waals surface area contributed by atoms with Gasteiger partial charge in [-0.05, 0) is 54.1 Å². The second-order valence-corrected chi connectivity index (χ2v) is 9.07. The lowest BCUT2D eigenvalue weighted by molar-refractivity contribution is -0.115. The van der Waals surface area contributed by atoms with Crippen molar-refractivity contribution in [3.05, 3.63) is 84.2 Å². The third-order valence-corrected chi connectivity index (χ3v) is 6.26. The highest BCUT2D eigenvalue weighted by Gasteiger charge is 2.15. The zero-order chi connectivity index (χ0) is 22.4. The molecule has 0 spiro atoms. The molecule has 3 aromatic rings. The lowest BCUT2D eigenvalue weighted by Gasteiger charge is -2.11. The fraction of sp³-hybridized carbons (Fsp3) is 0.0952. The molecule has 0 aliphatic rings. The molecule has 3 rings (SSSR count). The molecule has 0 saturated carbocycles. The number of thioether (sulfide) groups is 1. The van der Waals surface area contributed by atoms with Crippen LogP contribution in [0, 0.1) is 5.82 Å². The molecule has 10 heteroatoms. The van der Waals surface area contributed by atoms with Crippen LogP contribution < -0.4 is 10.0 Å². The zero-order valence-electron chi connectivity index (χ0n) is 15.9. The minimum Gasteiger partial charge on any atom is -0.325 e. The van der Waals surface area contributed by atoms with Gasteiger partial charge in [-0.3, -0.25) is 9.52 Å². The van der Waals surface area contributed by atoms with Crippen molar-refractivity contribution in [3.8, 4) is 0 Å². The number of sulfonamides is 1. The maximum Gasteiger partial charge on any atom is 0.288 e. The van der Waals surface area contributed by atoms with E-state index in [-0.39, 0.29) is 21.9 Å². The highest BCUT2D eigenvalue weighted by Crippen LogP contribution is 2.31. The van der Waals surface area contributed by atoms with E-state index in [1.54, 1.807) is 24.3 Å². The number of benzene rings is 3. The first-order valence-electron chi connectivity index (χ1n) is 8.94. The second kappa shape index (κ2) is 9.88. The molecule has 0 aliphatic heterocycles. The Morgan fingerprint density at radius 2 is 1.58 bits per heavy atom. The molecule has 5 nitrogen and oxygen atoms in total. The summed E-state index contributed by atoms with van der Waals surface area (Å²) in [6.45, 7) is 0. The van der Waals surface area contributed by atoms with E-state index in [2.05, 4.69) is 10.0 Å². The fourth-order valence-corrected chi connectivity index (χ4v) is 4.32. The SMILES string of the molecule is O=C(Cc1ccc(NS(=O)(=O)c2ccc(F)cc2)cc1)Nc1ccccc1SC(F)F. The molecule has 162 valence electrons. The Labute approximate surface area is 181 Å². The van der Waals surface area contributed by atoms with E-state index in [0.717, 1.165) is 24.3 Å². The lowest BCUT2D eigenvalue weighted by atomic mass is 10.1. The molecule has 0 saturated heterocycles. The van der Waals surface area contributed by atoms with Crippen molar-refractivity contribution in [2.24, 2.45) is 0 Å². The van der Waals surface area contributed by atoms with Crippen molar-refractivity contribution in [2.45, 2.75) is 22.0 Å². The predicted octanol–water partition coefficient (Wildman–Crippen LogP) is 5.12. The molecule has 2 N–H and O–H groups in total. The van der Waals surface area contributed by atoms with E-state index in [1.807, 2.05) is 0 Å². The van der Waals surface area contributed by atoms with Crippen molar-refractivity contribution < 1.29 is 26.4 Å². The van der Waals surface area contributed by atoms with Gasteiger partial charge in [0.2, 0.25) is 5.91 Å². The van der Waals surface area contributed by atoms with E-state index >= 15 is 0 Å². The summed E-state index contributed by atoms with van der Waals surface area (Å²) in [5.74, 6) is -3.55. The number of hydrogen-bond acceptors (Lipinski definition) is 4. The molecule has 0 aliphatic carbocycles. The van der Waals surface area contributed by atoms with Crippen LogP contribution in [0.1, 0.15) is 5.56 Å². The largest absolute Gasteiger partial charge is 0.325 e. The van der Waals surface area contributed by atoms with Gasteiger partial charge in [-0.25, -0.2) is 12.8 Å². The summed E-state index contributed by atoms with van der Waals surface area (Å²) in [7, 11) is -3.88. The third-order valence-electron chi connectivity index (χ3n) is 4.07. The Morgan fingerprint density at radius 3 is 2.23 bits per heavy atom. The molecule has 0 fully saturated rings. The Hall–Kier alpha value is -2.98. The Bertz CT molecular complexity index is 1150. The predicted molar refractivity (Wildman–Crippen MR) is 114 cm³/mol. The van der Waals surface area contributed by atoms with Gasteiger partial charge in [0.25, 0.3) is 15.8 Å². The molecular formula is C21H17F3N2O3S2. The van der Waals surface area contributed by atoms with E-state index in [1.165, 1.54) is 24.3 Å². The van der Waals surface area contributed by atoms with Gasteiger partial charge in [0.05, 0.1) is 17.0 Å². The van der Waals surface area contributed by atoms with Gasteiger partial charge in [0, 0.05) is 10.6 Å².